The van der Waals surface area contributed by atoms with Crippen molar-refractivity contribution in [2.75, 3.05) is 32.8 Å². The van der Waals surface area contributed by atoms with Crippen molar-refractivity contribution in [3.8, 4) is 0 Å². The summed E-state index contributed by atoms with van der Waals surface area (Å²) in [4.78, 5) is 27.9. The van der Waals surface area contributed by atoms with E-state index in [9.17, 15) is 9.59 Å². The molecule has 8 rings (SSSR count). The van der Waals surface area contributed by atoms with Crippen LogP contribution in [-0.4, -0.2) is 67.4 Å². The molecule has 0 radical (unpaired) electrons. The van der Waals surface area contributed by atoms with Gasteiger partial charge in [0.2, 0.25) is 11.8 Å². The summed E-state index contributed by atoms with van der Waals surface area (Å²) in [5.41, 5.74) is 0.739. The van der Waals surface area contributed by atoms with Crippen molar-refractivity contribution in [2.45, 2.75) is 116 Å². The van der Waals surface area contributed by atoms with Gasteiger partial charge in [-0.15, -0.1) is 0 Å². The summed E-state index contributed by atoms with van der Waals surface area (Å²) in [5, 5.41) is 6.75. The molecular weight excluding hydrogens is 538 g/mol. The zero-order valence-corrected chi connectivity index (χ0v) is 27.2. The minimum atomic E-state index is -0.325. The van der Waals surface area contributed by atoms with Crippen LogP contribution in [0.15, 0.2) is 0 Å². The summed E-state index contributed by atoms with van der Waals surface area (Å²) in [6.07, 6.45) is 12.6. The third-order valence-electron chi connectivity index (χ3n) is 15.4. The number of ether oxygens (including phenoxy) is 2. The highest BCUT2D eigenvalue weighted by molar-refractivity contribution is 5.97. The fraction of sp³-hybridized carbons (Fsp3) is 0.944. The molecule has 0 aromatic rings. The second-order valence-electron chi connectivity index (χ2n) is 17.4. The minimum absolute atomic E-state index is 0.0183. The first-order chi connectivity index (χ1) is 20.6. The van der Waals surface area contributed by atoms with Gasteiger partial charge >= 0.3 is 0 Å². The fourth-order valence-corrected chi connectivity index (χ4v) is 13.0. The Morgan fingerprint density at radius 3 is 2.42 bits per heavy atom. The number of nitrogens with zero attached hydrogens (tertiary/aromatic N) is 1. The van der Waals surface area contributed by atoms with Gasteiger partial charge in [0.15, 0.2) is 5.79 Å². The zero-order chi connectivity index (χ0) is 29.7. The van der Waals surface area contributed by atoms with E-state index in [4.69, 9.17) is 9.47 Å². The van der Waals surface area contributed by atoms with Crippen LogP contribution in [0.2, 0.25) is 0 Å². The van der Waals surface area contributed by atoms with E-state index >= 15 is 0 Å². The van der Waals surface area contributed by atoms with Gasteiger partial charge in [-0.2, -0.15) is 0 Å². The second-order valence-corrected chi connectivity index (χ2v) is 17.4. The number of nitrogens with one attached hydrogen (secondary N) is 2. The van der Waals surface area contributed by atoms with Gasteiger partial charge in [0, 0.05) is 44.6 Å². The maximum atomic E-state index is 13.0. The SMILES string of the molecule is C[C@H]1CC[C@@]2(OC1)O[C@H]1CC3[C@@H]4CC[C@@H]5C[C@@H](NC(=O)CC(=O)N6CC7CNCC7C6)CC[C@]5(C)C4CC[C@]3(C)[C@H]1[C@@H]2C. The highest BCUT2D eigenvalue weighted by Gasteiger charge is 2.69. The molecule has 14 atom stereocenters. The van der Waals surface area contributed by atoms with Gasteiger partial charge in [0.05, 0.1) is 12.7 Å². The zero-order valence-electron chi connectivity index (χ0n) is 27.2. The van der Waals surface area contributed by atoms with E-state index in [0.717, 1.165) is 69.8 Å². The summed E-state index contributed by atoms with van der Waals surface area (Å²) in [6, 6.07) is 0.223. The summed E-state index contributed by atoms with van der Waals surface area (Å²) < 4.78 is 13.5. The largest absolute Gasteiger partial charge is 0.353 e. The molecule has 2 amide bonds. The predicted octanol–water partition coefficient (Wildman–Crippen LogP) is 4.99. The molecular formula is C36H57N3O4. The molecule has 7 nitrogen and oxygen atoms in total. The first kappa shape index (κ1) is 29.2. The second kappa shape index (κ2) is 10.4. The van der Waals surface area contributed by atoms with Crippen molar-refractivity contribution in [3.63, 3.8) is 0 Å². The van der Waals surface area contributed by atoms with Crippen molar-refractivity contribution < 1.29 is 19.1 Å². The van der Waals surface area contributed by atoms with Crippen molar-refractivity contribution in [1.29, 1.82) is 0 Å². The van der Waals surface area contributed by atoms with E-state index in [1.165, 1.54) is 44.9 Å². The Morgan fingerprint density at radius 2 is 1.67 bits per heavy atom. The van der Waals surface area contributed by atoms with Gasteiger partial charge in [-0.05, 0) is 116 Å². The van der Waals surface area contributed by atoms with E-state index in [1.54, 1.807) is 0 Å². The monoisotopic (exact) mass is 595 g/mol. The number of carbonyl (C=O) groups excluding carboxylic acids is 2. The molecule has 0 bridgehead atoms. The number of likely N-dealkylation sites (tertiary alicyclic amines) is 1. The minimum Gasteiger partial charge on any atom is -0.353 e. The molecule has 240 valence electrons. The topological polar surface area (TPSA) is 79.9 Å². The van der Waals surface area contributed by atoms with E-state index in [1.807, 2.05) is 4.90 Å². The molecule has 8 aliphatic rings. The van der Waals surface area contributed by atoms with Crippen LogP contribution >= 0.6 is 0 Å². The molecule has 4 unspecified atom stereocenters. The number of rotatable bonds is 3. The smallest absolute Gasteiger partial charge is 0.232 e. The highest BCUT2D eigenvalue weighted by atomic mass is 16.7. The van der Waals surface area contributed by atoms with Gasteiger partial charge in [-0.3, -0.25) is 9.59 Å². The molecule has 0 aromatic heterocycles. The standard InChI is InChI=1S/C36H57N3O4/c1-21-7-12-36(42-20-21)22(2)33-30(43-36)14-29-27-6-5-25-13-26(8-10-34(25,3)28(27)9-11-35(29,33)4)38-31(40)15-32(41)39-18-23-16-37-17-24(23)19-39/h21-30,33,37H,5-20H2,1-4H3,(H,38,40)/t21-,22-,23?,24?,25+,26-,27+,28?,29?,30-,33-,34-,35-,36+/m0/s1. The van der Waals surface area contributed by atoms with Crippen LogP contribution in [0.25, 0.3) is 0 Å². The lowest BCUT2D eigenvalue weighted by Crippen LogP contribution is -2.56. The summed E-state index contributed by atoms with van der Waals surface area (Å²) in [6.45, 7) is 14.5. The van der Waals surface area contributed by atoms with Crippen LogP contribution in [0.5, 0.6) is 0 Å². The van der Waals surface area contributed by atoms with Crippen molar-refractivity contribution in [1.82, 2.24) is 15.5 Å². The fourth-order valence-electron chi connectivity index (χ4n) is 13.0. The van der Waals surface area contributed by atoms with Gasteiger partial charge in [0.25, 0.3) is 0 Å². The lowest BCUT2D eigenvalue weighted by molar-refractivity contribution is -0.273. The lowest BCUT2D eigenvalue weighted by Gasteiger charge is -2.61. The Labute approximate surface area is 259 Å². The van der Waals surface area contributed by atoms with Gasteiger partial charge < -0.3 is 25.0 Å². The number of hydrogen-bond acceptors (Lipinski definition) is 5. The Hall–Kier alpha value is -1.18. The summed E-state index contributed by atoms with van der Waals surface area (Å²) in [7, 11) is 0. The van der Waals surface area contributed by atoms with E-state index < -0.39 is 0 Å². The van der Waals surface area contributed by atoms with Crippen LogP contribution in [0, 0.1) is 64.1 Å². The third-order valence-corrected chi connectivity index (χ3v) is 15.4. The first-order valence-corrected chi connectivity index (χ1v) is 18.2. The molecule has 4 heterocycles. The number of fused-ring (bicyclic) bond motifs is 8. The number of amides is 2. The third kappa shape index (κ3) is 4.51. The Kier molecular flexibility index (Phi) is 7.08. The van der Waals surface area contributed by atoms with E-state index in [-0.39, 0.29) is 30.1 Å². The number of carbonyl (C=O) groups is 2. The van der Waals surface area contributed by atoms with Gasteiger partial charge in [-0.1, -0.05) is 27.7 Å². The van der Waals surface area contributed by atoms with Crippen molar-refractivity contribution >= 4 is 11.8 Å². The average Bonchev–Trinajstić information content (AvgIpc) is 3.71. The molecule has 8 fully saturated rings. The first-order valence-electron chi connectivity index (χ1n) is 18.2. The summed E-state index contributed by atoms with van der Waals surface area (Å²) in [5.74, 6) is 5.59. The van der Waals surface area contributed by atoms with E-state index in [0.29, 0.717) is 52.4 Å². The molecule has 1 spiro atoms. The molecule has 4 aliphatic carbocycles. The van der Waals surface area contributed by atoms with Crippen LogP contribution in [0.4, 0.5) is 0 Å². The van der Waals surface area contributed by atoms with Crippen LogP contribution in [-0.2, 0) is 19.1 Å². The van der Waals surface area contributed by atoms with Crippen LogP contribution in [0.1, 0.15) is 98.3 Å². The Morgan fingerprint density at radius 1 is 0.907 bits per heavy atom. The maximum Gasteiger partial charge on any atom is 0.232 e. The van der Waals surface area contributed by atoms with Crippen LogP contribution < -0.4 is 10.6 Å². The molecule has 2 N–H and O–H groups in total. The van der Waals surface area contributed by atoms with Gasteiger partial charge in [0.1, 0.15) is 6.42 Å². The lowest BCUT2D eigenvalue weighted by atomic mass is 9.44. The maximum absolute atomic E-state index is 13.0. The van der Waals surface area contributed by atoms with Gasteiger partial charge in [-0.25, -0.2) is 0 Å². The molecule has 7 heteroatoms. The average molecular weight is 596 g/mol. The number of hydrogen-bond donors (Lipinski definition) is 2. The molecule has 0 aromatic carbocycles. The van der Waals surface area contributed by atoms with Crippen LogP contribution in [0.3, 0.4) is 0 Å². The molecule has 4 aliphatic heterocycles. The van der Waals surface area contributed by atoms with Crippen molar-refractivity contribution in [3.05, 3.63) is 0 Å². The quantitative estimate of drug-likeness (QED) is 0.450. The molecule has 4 saturated heterocycles. The van der Waals surface area contributed by atoms with Crippen molar-refractivity contribution in [2.24, 2.45) is 64.1 Å². The Bertz CT molecular complexity index is 1110. The molecule has 43 heavy (non-hydrogen) atoms. The molecule has 4 saturated carbocycles. The highest BCUT2D eigenvalue weighted by Crippen LogP contribution is 2.71. The summed E-state index contributed by atoms with van der Waals surface area (Å²) >= 11 is 0. The predicted molar refractivity (Wildman–Crippen MR) is 165 cm³/mol. The Balaban J connectivity index is 0.888. The normalized spacial score (nSPS) is 53.6. The van der Waals surface area contributed by atoms with E-state index in [2.05, 4.69) is 38.3 Å².